The first-order valence-corrected chi connectivity index (χ1v) is 6.96. The molecule has 22 heavy (non-hydrogen) atoms. The topological polar surface area (TPSA) is 103 Å². The van der Waals surface area contributed by atoms with Gasteiger partial charge in [0.15, 0.2) is 11.4 Å². The van der Waals surface area contributed by atoms with Crippen LogP contribution in [0.25, 0.3) is 0 Å². The summed E-state index contributed by atoms with van der Waals surface area (Å²) in [5.74, 6) is -1.31. The number of hydroxylamine groups is 1. The monoisotopic (exact) mass is 302 g/mol. The van der Waals surface area contributed by atoms with E-state index in [-0.39, 0.29) is 11.3 Å². The molecule has 0 saturated carbocycles. The number of aryl methyl sites for hydroxylation is 2. The van der Waals surface area contributed by atoms with Crippen LogP contribution < -0.4 is 5.48 Å². The first-order chi connectivity index (χ1) is 10.7. The fourth-order valence-electron chi connectivity index (χ4n) is 2.32. The van der Waals surface area contributed by atoms with Gasteiger partial charge in [0.25, 0.3) is 5.91 Å². The Kier molecular flexibility index (Phi) is 5.46. The van der Waals surface area contributed by atoms with Crippen LogP contribution >= 0.6 is 0 Å². The van der Waals surface area contributed by atoms with Crippen LogP contribution in [0.5, 0.6) is 5.75 Å². The molecule has 0 radical (unpaired) electrons. The van der Waals surface area contributed by atoms with E-state index in [9.17, 15) is 15.0 Å². The lowest BCUT2D eigenvalue weighted by Crippen LogP contribution is -2.21. The lowest BCUT2D eigenvalue weighted by molar-refractivity contribution is 0.0697. The quantitative estimate of drug-likeness (QED) is 0.479. The summed E-state index contributed by atoms with van der Waals surface area (Å²) in [5.41, 5.74) is 3.27. The summed E-state index contributed by atoms with van der Waals surface area (Å²) < 4.78 is 0. The van der Waals surface area contributed by atoms with Crippen molar-refractivity contribution in [3.05, 3.63) is 58.9 Å². The molecule has 0 atom stereocenters. The number of pyridine rings is 1. The summed E-state index contributed by atoms with van der Waals surface area (Å²) in [7, 11) is 0. The lowest BCUT2D eigenvalue weighted by atomic mass is 10.0. The van der Waals surface area contributed by atoms with Crippen molar-refractivity contribution in [1.82, 2.24) is 10.5 Å². The minimum atomic E-state index is -0.914. The van der Waals surface area contributed by atoms with E-state index in [0.717, 1.165) is 12.8 Å². The van der Waals surface area contributed by atoms with Crippen molar-refractivity contribution >= 4 is 5.91 Å². The Labute approximate surface area is 128 Å². The maximum absolute atomic E-state index is 11.3. The second-order valence-corrected chi connectivity index (χ2v) is 4.90. The van der Waals surface area contributed by atoms with E-state index in [2.05, 4.69) is 4.98 Å². The van der Waals surface area contributed by atoms with E-state index in [1.54, 1.807) is 0 Å². The van der Waals surface area contributed by atoms with Crippen molar-refractivity contribution < 1.29 is 20.2 Å². The zero-order valence-corrected chi connectivity index (χ0v) is 12.0. The van der Waals surface area contributed by atoms with Gasteiger partial charge in [-0.05, 0) is 30.4 Å². The molecule has 0 saturated heterocycles. The molecule has 1 aromatic heterocycles. The molecule has 1 heterocycles. The van der Waals surface area contributed by atoms with Gasteiger partial charge in [-0.1, -0.05) is 30.3 Å². The van der Waals surface area contributed by atoms with Crippen molar-refractivity contribution in [3.63, 3.8) is 0 Å². The molecule has 0 aliphatic heterocycles. The van der Waals surface area contributed by atoms with Crippen LogP contribution in [0.2, 0.25) is 0 Å². The number of aliphatic hydroxyl groups excluding tert-OH is 1. The second-order valence-electron chi connectivity index (χ2n) is 4.90. The Morgan fingerprint density at radius 2 is 1.91 bits per heavy atom. The number of carbonyl (C=O) groups excluding carboxylic acids is 1. The second kappa shape index (κ2) is 7.53. The van der Waals surface area contributed by atoms with E-state index in [4.69, 9.17) is 5.21 Å². The number of amides is 1. The molecule has 0 fully saturated rings. The third kappa shape index (κ3) is 3.60. The number of aromatic nitrogens is 1. The number of aromatic hydroxyl groups is 1. The van der Waals surface area contributed by atoms with E-state index < -0.39 is 18.3 Å². The molecule has 6 nitrogen and oxygen atoms in total. The zero-order chi connectivity index (χ0) is 15.9. The van der Waals surface area contributed by atoms with Gasteiger partial charge >= 0.3 is 0 Å². The fourth-order valence-corrected chi connectivity index (χ4v) is 2.32. The molecule has 116 valence electrons. The van der Waals surface area contributed by atoms with Crippen molar-refractivity contribution in [1.29, 1.82) is 0 Å². The van der Waals surface area contributed by atoms with Crippen LogP contribution in [0, 0.1) is 0 Å². The minimum Gasteiger partial charge on any atom is -0.505 e. The van der Waals surface area contributed by atoms with Gasteiger partial charge in [0.2, 0.25) is 0 Å². The predicted molar refractivity (Wildman–Crippen MR) is 79.5 cm³/mol. The molecule has 0 aliphatic rings. The molecule has 6 heteroatoms. The van der Waals surface area contributed by atoms with Crippen molar-refractivity contribution in [2.75, 3.05) is 0 Å². The van der Waals surface area contributed by atoms with Gasteiger partial charge in [-0.3, -0.25) is 10.0 Å². The van der Waals surface area contributed by atoms with Crippen LogP contribution in [-0.4, -0.2) is 26.3 Å². The lowest BCUT2D eigenvalue weighted by Gasteiger charge is -2.11. The number of aliphatic hydroxyl groups is 1. The maximum atomic E-state index is 11.3. The smallest absolute Gasteiger partial charge is 0.297 e. The van der Waals surface area contributed by atoms with Crippen LogP contribution in [0.15, 0.2) is 36.5 Å². The molecular formula is C16H18N2O4. The normalized spacial score (nSPS) is 10.5. The average molecular weight is 302 g/mol. The molecule has 1 amide bonds. The van der Waals surface area contributed by atoms with Crippen LogP contribution in [0.1, 0.15) is 33.6 Å². The highest BCUT2D eigenvalue weighted by molar-refractivity contribution is 5.94. The summed E-state index contributed by atoms with van der Waals surface area (Å²) in [6.07, 6.45) is 3.75. The number of nitrogens with one attached hydrogen (secondary N) is 1. The largest absolute Gasteiger partial charge is 0.505 e. The van der Waals surface area contributed by atoms with Crippen molar-refractivity contribution in [2.45, 2.75) is 25.9 Å². The highest BCUT2D eigenvalue weighted by atomic mass is 16.5. The first kappa shape index (κ1) is 15.9. The molecule has 4 N–H and O–H groups in total. The number of benzene rings is 1. The molecule has 0 spiro atoms. The predicted octanol–water partition coefficient (Wildman–Crippen LogP) is 1.57. The Morgan fingerprint density at radius 1 is 1.18 bits per heavy atom. The number of hydrogen-bond donors (Lipinski definition) is 4. The molecule has 0 bridgehead atoms. The number of hydrogen-bond acceptors (Lipinski definition) is 5. The minimum absolute atomic E-state index is 0.265. The Hall–Kier alpha value is -2.44. The highest BCUT2D eigenvalue weighted by Crippen LogP contribution is 2.25. The third-order valence-corrected chi connectivity index (χ3v) is 3.48. The number of nitrogens with zero attached hydrogens (tertiary/aromatic N) is 1. The molecule has 2 aromatic rings. The van der Waals surface area contributed by atoms with Crippen LogP contribution in [-0.2, 0) is 19.4 Å². The maximum Gasteiger partial charge on any atom is 0.297 e. The van der Waals surface area contributed by atoms with Gasteiger partial charge in [0, 0.05) is 11.8 Å². The van der Waals surface area contributed by atoms with E-state index in [1.165, 1.54) is 17.2 Å². The van der Waals surface area contributed by atoms with Gasteiger partial charge in [-0.2, -0.15) is 0 Å². The van der Waals surface area contributed by atoms with Gasteiger partial charge in [0.05, 0.1) is 6.61 Å². The van der Waals surface area contributed by atoms with E-state index >= 15 is 0 Å². The van der Waals surface area contributed by atoms with Crippen molar-refractivity contribution in [2.24, 2.45) is 0 Å². The molecule has 0 unspecified atom stereocenters. The van der Waals surface area contributed by atoms with Gasteiger partial charge in [-0.25, -0.2) is 10.5 Å². The summed E-state index contributed by atoms with van der Waals surface area (Å²) in [5, 5.41) is 28.0. The zero-order valence-electron chi connectivity index (χ0n) is 12.0. The molecule has 2 rings (SSSR count). The van der Waals surface area contributed by atoms with Gasteiger partial charge in [0.1, 0.15) is 0 Å². The SMILES string of the molecule is O=C(NO)c1ncc(CCCc2ccccc2)c(CO)c1O. The summed E-state index contributed by atoms with van der Waals surface area (Å²) in [6.45, 7) is -0.402. The Bertz CT molecular complexity index is 644. The third-order valence-electron chi connectivity index (χ3n) is 3.48. The Balaban J connectivity index is 2.11. The summed E-state index contributed by atoms with van der Waals surface area (Å²) >= 11 is 0. The number of carbonyl (C=O) groups is 1. The standard InChI is InChI=1S/C16H18N2O4/c19-10-13-12(8-4-7-11-5-2-1-3-6-11)9-17-14(15(13)20)16(21)18-22/h1-3,5-6,9,19-20,22H,4,7-8,10H2,(H,18,21). The summed E-state index contributed by atoms with van der Waals surface area (Å²) in [6, 6.07) is 9.99. The van der Waals surface area contributed by atoms with E-state index in [0.29, 0.717) is 12.0 Å². The van der Waals surface area contributed by atoms with Crippen LogP contribution in [0.4, 0.5) is 0 Å². The number of rotatable bonds is 6. The molecule has 0 aliphatic carbocycles. The molecule has 1 aromatic carbocycles. The van der Waals surface area contributed by atoms with Gasteiger partial charge in [-0.15, -0.1) is 0 Å². The first-order valence-electron chi connectivity index (χ1n) is 6.96. The van der Waals surface area contributed by atoms with Crippen molar-refractivity contribution in [3.8, 4) is 5.75 Å². The summed E-state index contributed by atoms with van der Waals surface area (Å²) in [4.78, 5) is 15.2. The van der Waals surface area contributed by atoms with E-state index in [1.807, 2.05) is 30.3 Å². The highest BCUT2D eigenvalue weighted by Gasteiger charge is 2.18. The van der Waals surface area contributed by atoms with Crippen LogP contribution in [0.3, 0.4) is 0 Å². The molecular weight excluding hydrogens is 284 g/mol. The van der Waals surface area contributed by atoms with Gasteiger partial charge < -0.3 is 10.2 Å². The average Bonchev–Trinajstić information content (AvgIpc) is 2.55. The Morgan fingerprint density at radius 3 is 2.55 bits per heavy atom. The fraction of sp³-hybridized carbons (Fsp3) is 0.250.